The Bertz CT molecular complexity index is 617. The molecule has 0 aliphatic carbocycles. The second kappa shape index (κ2) is 6.06. The molecule has 0 radical (unpaired) electrons. The number of furan rings is 1. The highest BCUT2D eigenvalue weighted by atomic mass is 16.5. The van der Waals surface area contributed by atoms with Crippen molar-refractivity contribution < 1.29 is 18.7 Å². The number of amides is 1. The van der Waals surface area contributed by atoms with Crippen LogP contribution in [0.4, 0.5) is 5.69 Å². The van der Waals surface area contributed by atoms with Crippen LogP contribution in [-0.2, 0) is 0 Å². The molecule has 0 spiro atoms. The summed E-state index contributed by atoms with van der Waals surface area (Å²) in [7, 11) is 0. The lowest BCUT2D eigenvalue weighted by Gasteiger charge is -2.11. The zero-order valence-electron chi connectivity index (χ0n) is 11.3. The van der Waals surface area contributed by atoms with Crippen molar-refractivity contribution in [3.05, 3.63) is 47.9 Å². The molecule has 0 saturated carbocycles. The quantitative estimate of drug-likeness (QED) is 0.850. The molecule has 104 valence electrons. The standard InChI is InChI=1S/C15H15NO4/c1-3-19-13-7-6-11(10(2)17)9-12(13)16-15(18)14-5-4-8-20-14/h4-9H,3H2,1-2H3,(H,16,18). The van der Waals surface area contributed by atoms with Crippen LogP contribution in [0.5, 0.6) is 5.75 Å². The van der Waals surface area contributed by atoms with E-state index in [0.29, 0.717) is 23.6 Å². The molecule has 0 aliphatic rings. The van der Waals surface area contributed by atoms with Gasteiger partial charge < -0.3 is 14.5 Å². The van der Waals surface area contributed by atoms with Crippen molar-refractivity contribution >= 4 is 17.4 Å². The van der Waals surface area contributed by atoms with Gasteiger partial charge in [0.05, 0.1) is 18.6 Å². The Morgan fingerprint density at radius 2 is 2.10 bits per heavy atom. The van der Waals surface area contributed by atoms with E-state index in [-0.39, 0.29) is 11.5 Å². The van der Waals surface area contributed by atoms with Crippen LogP contribution in [0.1, 0.15) is 34.8 Å². The molecule has 1 heterocycles. The van der Waals surface area contributed by atoms with Crippen LogP contribution in [0.3, 0.4) is 0 Å². The molecule has 5 heteroatoms. The van der Waals surface area contributed by atoms with E-state index in [1.54, 1.807) is 30.3 Å². The molecule has 1 aromatic heterocycles. The summed E-state index contributed by atoms with van der Waals surface area (Å²) in [5, 5.41) is 2.68. The highest BCUT2D eigenvalue weighted by Crippen LogP contribution is 2.26. The molecular weight excluding hydrogens is 258 g/mol. The van der Waals surface area contributed by atoms with Crippen molar-refractivity contribution in [3.8, 4) is 5.75 Å². The van der Waals surface area contributed by atoms with Gasteiger partial charge in [-0.05, 0) is 44.2 Å². The number of ether oxygens (including phenoxy) is 1. The van der Waals surface area contributed by atoms with Gasteiger partial charge in [0.15, 0.2) is 11.5 Å². The van der Waals surface area contributed by atoms with Gasteiger partial charge in [-0.15, -0.1) is 0 Å². The molecule has 1 N–H and O–H groups in total. The summed E-state index contributed by atoms with van der Waals surface area (Å²) in [5.74, 6) is 0.233. The minimum absolute atomic E-state index is 0.0819. The third kappa shape index (κ3) is 3.06. The summed E-state index contributed by atoms with van der Waals surface area (Å²) >= 11 is 0. The Hall–Kier alpha value is -2.56. The fourth-order valence-electron chi connectivity index (χ4n) is 1.72. The lowest BCUT2D eigenvalue weighted by atomic mass is 10.1. The monoisotopic (exact) mass is 273 g/mol. The van der Waals surface area contributed by atoms with Crippen LogP contribution in [0.25, 0.3) is 0 Å². The number of nitrogens with one attached hydrogen (secondary N) is 1. The molecule has 1 amide bonds. The maximum Gasteiger partial charge on any atom is 0.291 e. The number of rotatable bonds is 5. The van der Waals surface area contributed by atoms with E-state index in [9.17, 15) is 9.59 Å². The predicted octanol–water partition coefficient (Wildman–Crippen LogP) is 3.13. The van der Waals surface area contributed by atoms with Gasteiger partial charge in [0, 0.05) is 5.56 Å². The SMILES string of the molecule is CCOc1ccc(C(C)=O)cc1NC(=O)c1ccco1. The number of hydrogen-bond acceptors (Lipinski definition) is 4. The molecule has 0 fully saturated rings. The maximum atomic E-state index is 12.0. The van der Waals surface area contributed by atoms with E-state index in [2.05, 4.69) is 5.32 Å². The molecular formula is C15H15NO4. The van der Waals surface area contributed by atoms with E-state index < -0.39 is 5.91 Å². The zero-order chi connectivity index (χ0) is 14.5. The number of anilines is 1. The molecule has 0 unspecified atom stereocenters. The van der Waals surface area contributed by atoms with Gasteiger partial charge in [-0.1, -0.05) is 0 Å². The first-order valence-electron chi connectivity index (χ1n) is 6.24. The molecule has 2 rings (SSSR count). The van der Waals surface area contributed by atoms with Crippen LogP contribution in [0, 0.1) is 0 Å². The lowest BCUT2D eigenvalue weighted by Crippen LogP contribution is -2.12. The zero-order valence-corrected chi connectivity index (χ0v) is 11.3. The highest BCUT2D eigenvalue weighted by Gasteiger charge is 2.13. The van der Waals surface area contributed by atoms with Gasteiger partial charge >= 0.3 is 0 Å². The summed E-state index contributed by atoms with van der Waals surface area (Å²) in [6.07, 6.45) is 1.42. The van der Waals surface area contributed by atoms with E-state index in [1.165, 1.54) is 13.2 Å². The van der Waals surface area contributed by atoms with Crippen LogP contribution in [0.2, 0.25) is 0 Å². The van der Waals surface area contributed by atoms with Gasteiger partial charge in [-0.25, -0.2) is 0 Å². The van der Waals surface area contributed by atoms with Gasteiger partial charge in [-0.3, -0.25) is 9.59 Å². The van der Waals surface area contributed by atoms with Gasteiger partial charge in [-0.2, -0.15) is 0 Å². The Balaban J connectivity index is 2.29. The van der Waals surface area contributed by atoms with E-state index >= 15 is 0 Å². The van der Waals surface area contributed by atoms with Crippen molar-refractivity contribution in [2.45, 2.75) is 13.8 Å². The maximum absolute atomic E-state index is 12.0. The van der Waals surface area contributed by atoms with E-state index in [4.69, 9.17) is 9.15 Å². The van der Waals surface area contributed by atoms with Crippen LogP contribution in [-0.4, -0.2) is 18.3 Å². The summed E-state index contributed by atoms with van der Waals surface area (Å²) in [6, 6.07) is 8.11. The molecule has 5 nitrogen and oxygen atoms in total. The summed E-state index contributed by atoms with van der Waals surface area (Å²) in [6.45, 7) is 3.77. The molecule has 0 bridgehead atoms. The summed E-state index contributed by atoms with van der Waals surface area (Å²) in [4.78, 5) is 23.4. The van der Waals surface area contributed by atoms with Crippen LogP contribution >= 0.6 is 0 Å². The predicted molar refractivity (Wildman–Crippen MR) is 74.3 cm³/mol. The van der Waals surface area contributed by atoms with Crippen LogP contribution in [0.15, 0.2) is 41.0 Å². The Morgan fingerprint density at radius 3 is 2.70 bits per heavy atom. The summed E-state index contributed by atoms with van der Waals surface area (Å²) in [5.41, 5.74) is 0.948. The molecule has 0 aliphatic heterocycles. The summed E-state index contributed by atoms with van der Waals surface area (Å²) < 4.78 is 10.5. The number of benzene rings is 1. The molecule has 20 heavy (non-hydrogen) atoms. The lowest BCUT2D eigenvalue weighted by molar-refractivity contribution is 0.0991. The molecule has 1 aromatic carbocycles. The third-order valence-corrected chi connectivity index (χ3v) is 2.68. The fraction of sp³-hybridized carbons (Fsp3) is 0.200. The first kappa shape index (κ1) is 13.9. The third-order valence-electron chi connectivity index (χ3n) is 2.68. The smallest absolute Gasteiger partial charge is 0.291 e. The second-order valence-corrected chi connectivity index (χ2v) is 4.13. The van der Waals surface area contributed by atoms with Gasteiger partial charge in [0.25, 0.3) is 5.91 Å². The average molecular weight is 273 g/mol. The fourth-order valence-corrected chi connectivity index (χ4v) is 1.72. The number of hydrogen-bond donors (Lipinski definition) is 1. The Kier molecular flexibility index (Phi) is 4.20. The first-order valence-corrected chi connectivity index (χ1v) is 6.24. The van der Waals surface area contributed by atoms with Crippen molar-refractivity contribution in [1.82, 2.24) is 0 Å². The Labute approximate surface area is 116 Å². The van der Waals surface area contributed by atoms with E-state index in [1.807, 2.05) is 6.92 Å². The van der Waals surface area contributed by atoms with Crippen LogP contribution < -0.4 is 10.1 Å². The molecule has 0 saturated heterocycles. The number of ketones is 1. The first-order chi connectivity index (χ1) is 9.61. The van der Waals surface area contributed by atoms with Crippen molar-refractivity contribution in [2.24, 2.45) is 0 Å². The van der Waals surface area contributed by atoms with Gasteiger partial charge in [0.1, 0.15) is 5.75 Å². The minimum Gasteiger partial charge on any atom is -0.492 e. The van der Waals surface area contributed by atoms with E-state index in [0.717, 1.165) is 0 Å². The van der Waals surface area contributed by atoms with Crippen molar-refractivity contribution in [3.63, 3.8) is 0 Å². The number of carbonyl (C=O) groups excluding carboxylic acids is 2. The van der Waals surface area contributed by atoms with Crippen molar-refractivity contribution in [2.75, 3.05) is 11.9 Å². The van der Waals surface area contributed by atoms with Crippen molar-refractivity contribution in [1.29, 1.82) is 0 Å². The minimum atomic E-state index is -0.392. The number of carbonyl (C=O) groups is 2. The Morgan fingerprint density at radius 1 is 1.30 bits per heavy atom. The average Bonchev–Trinajstić information content (AvgIpc) is 2.94. The normalized spacial score (nSPS) is 10.1. The van der Waals surface area contributed by atoms with Gasteiger partial charge in [0.2, 0.25) is 0 Å². The highest BCUT2D eigenvalue weighted by molar-refractivity contribution is 6.04. The molecule has 0 atom stereocenters. The second-order valence-electron chi connectivity index (χ2n) is 4.13. The largest absolute Gasteiger partial charge is 0.492 e. The molecule has 2 aromatic rings. The number of Topliss-reactive ketones (excluding diaryl/α,β-unsaturated/α-hetero) is 1. The topological polar surface area (TPSA) is 68.5 Å².